The molecule has 7 N–H and O–H groups in total. The van der Waals surface area contributed by atoms with Crippen molar-refractivity contribution in [2.45, 2.75) is 32.3 Å². The first-order valence-electron chi connectivity index (χ1n) is 9.68. The molecule has 22 heteroatoms. The minimum absolute atomic E-state index is 0.0557. The maximum absolute atomic E-state index is 12.0. The van der Waals surface area contributed by atoms with Gasteiger partial charge in [0.05, 0.1) is 25.6 Å². The molecule has 19 nitrogen and oxygen atoms in total. The number of nitrogen functional groups attached to an aromatic ring is 1. The Bertz CT molecular complexity index is 1330. The molecule has 1 fully saturated rings. The van der Waals surface area contributed by atoms with Crippen molar-refractivity contribution in [2.75, 3.05) is 18.9 Å². The number of imidazole rings is 1. The van der Waals surface area contributed by atoms with Crippen molar-refractivity contribution in [2.24, 2.45) is 5.41 Å². The third kappa shape index (κ3) is 6.09. The summed E-state index contributed by atoms with van der Waals surface area (Å²) in [6.07, 6.45) is -3.24. The molecule has 0 spiro atoms. The quantitative estimate of drug-likeness (QED) is 0.202. The molecule has 1 aliphatic heterocycles. The van der Waals surface area contributed by atoms with Gasteiger partial charge in [-0.1, -0.05) is 0 Å². The van der Waals surface area contributed by atoms with Gasteiger partial charge >= 0.3 is 23.5 Å². The summed E-state index contributed by atoms with van der Waals surface area (Å²) in [5.41, 5.74) is 4.26. The summed E-state index contributed by atoms with van der Waals surface area (Å²) in [7, 11) is -16.8. The van der Waals surface area contributed by atoms with Gasteiger partial charge in [0.2, 0.25) is 11.8 Å². The molecule has 6 atom stereocenters. The molecule has 200 valence electrons. The second-order valence-electron chi connectivity index (χ2n) is 7.40. The fraction of sp³-hybridized carbons (Fsp3) is 0.571. The molecule has 2 aromatic heterocycles. The summed E-state index contributed by atoms with van der Waals surface area (Å²) in [5, 5.41) is 20.5. The largest absolute Gasteiger partial charge is 0.490 e. The van der Waals surface area contributed by atoms with Gasteiger partial charge < -0.3 is 39.9 Å². The Morgan fingerprint density at radius 2 is 1.89 bits per heavy atom. The van der Waals surface area contributed by atoms with Crippen LogP contribution in [0.15, 0.2) is 6.33 Å². The summed E-state index contributed by atoms with van der Waals surface area (Å²) in [6.45, 7) is 2.27. The smallest absolute Gasteiger partial charge is 0.476 e. The molecule has 0 aromatic carbocycles. The minimum Gasteiger partial charge on any atom is -0.476 e. The maximum Gasteiger partial charge on any atom is 0.490 e. The minimum atomic E-state index is -5.75. The highest BCUT2D eigenvalue weighted by Crippen LogP contribution is 2.66. The van der Waals surface area contributed by atoms with Crippen LogP contribution in [0.25, 0.3) is 11.2 Å². The molecule has 0 amide bonds. The Labute approximate surface area is 201 Å². The zero-order chi connectivity index (χ0) is 27.1. The lowest BCUT2D eigenvalue weighted by Gasteiger charge is -2.25. The zero-order valence-electron chi connectivity index (χ0n) is 18.4. The van der Waals surface area contributed by atoms with Gasteiger partial charge in [0.25, 0.3) is 0 Å². The van der Waals surface area contributed by atoms with Crippen LogP contribution in [-0.4, -0.2) is 69.6 Å². The van der Waals surface area contributed by atoms with Crippen molar-refractivity contribution in [1.29, 1.82) is 5.26 Å². The van der Waals surface area contributed by atoms with Crippen LogP contribution in [0.2, 0.25) is 0 Å². The Morgan fingerprint density at radius 1 is 1.22 bits per heavy atom. The molecule has 3 rings (SSSR count). The van der Waals surface area contributed by atoms with E-state index in [1.54, 1.807) is 6.92 Å². The SMILES string of the molecule is CCOc1nc(N)nc2c1ncn2[C@@H]1O[C@H](COP(=O)(O)OP(=O)(O)OP(=O)(O)O)[C@@H](O)[C@@]1(C)C#N. The number of nitrogens with zero attached hydrogens (tertiary/aromatic N) is 5. The van der Waals surface area contributed by atoms with Gasteiger partial charge in [-0.15, -0.1) is 0 Å². The second kappa shape index (κ2) is 10.0. The molecular weight excluding hydrogens is 553 g/mol. The number of ether oxygens (including phenoxy) is 2. The van der Waals surface area contributed by atoms with Crippen molar-refractivity contribution < 1.29 is 61.0 Å². The predicted octanol–water partition coefficient (Wildman–Crippen LogP) is -0.0613. The number of hydrogen-bond donors (Lipinski definition) is 6. The Morgan fingerprint density at radius 3 is 2.47 bits per heavy atom. The number of aliphatic hydroxyl groups is 1. The monoisotopic (exact) mass is 574 g/mol. The van der Waals surface area contributed by atoms with E-state index in [2.05, 4.69) is 28.1 Å². The standard InChI is InChI=1S/C14H21N6O13P3/c1-3-29-11-8-10(18-13(16)19-11)20(6-17-8)12-14(2,5-15)9(21)7(31-12)4-30-35(25,26)33-36(27,28)32-34(22,23)24/h6-7,9,12,21H,3-4H2,1-2H3,(H,25,26)(H,27,28)(H2,16,18,19)(H2,22,23,24)/t7-,9-,12-,14-/m1/s1. The van der Waals surface area contributed by atoms with E-state index in [0.29, 0.717) is 0 Å². The summed E-state index contributed by atoms with van der Waals surface area (Å²) in [4.78, 5) is 48.2. The molecule has 1 aliphatic rings. The summed E-state index contributed by atoms with van der Waals surface area (Å²) >= 11 is 0. The van der Waals surface area contributed by atoms with Crippen molar-refractivity contribution in [3.05, 3.63) is 6.33 Å². The number of phosphoric ester groups is 1. The van der Waals surface area contributed by atoms with Gasteiger partial charge in [-0.3, -0.25) is 9.09 Å². The van der Waals surface area contributed by atoms with E-state index in [1.807, 2.05) is 6.07 Å². The number of fused-ring (bicyclic) bond motifs is 1. The Hall–Kier alpha value is -2.03. The molecule has 0 radical (unpaired) electrons. The molecule has 0 bridgehead atoms. The lowest BCUT2D eigenvalue weighted by atomic mass is 9.84. The first-order chi connectivity index (χ1) is 16.5. The third-order valence-corrected chi connectivity index (χ3v) is 8.59. The fourth-order valence-corrected chi connectivity index (χ4v) is 6.34. The van der Waals surface area contributed by atoms with E-state index in [1.165, 1.54) is 17.8 Å². The summed E-state index contributed by atoms with van der Waals surface area (Å²) in [5.74, 6) is -0.130. The van der Waals surface area contributed by atoms with E-state index in [9.17, 15) is 33.9 Å². The van der Waals surface area contributed by atoms with Crippen LogP contribution in [0.3, 0.4) is 0 Å². The van der Waals surface area contributed by atoms with Crippen molar-refractivity contribution in [1.82, 2.24) is 19.5 Å². The molecule has 36 heavy (non-hydrogen) atoms. The van der Waals surface area contributed by atoms with Gasteiger partial charge in [0, 0.05) is 0 Å². The van der Waals surface area contributed by atoms with Crippen LogP contribution < -0.4 is 10.5 Å². The van der Waals surface area contributed by atoms with E-state index < -0.39 is 53.9 Å². The highest BCUT2D eigenvalue weighted by Gasteiger charge is 2.56. The average molecular weight is 574 g/mol. The van der Waals surface area contributed by atoms with Crippen molar-refractivity contribution in [3.63, 3.8) is 0 Å². The fourth-order valence-electron chi connectivity index (χ4n) is 3.31. The number of nitrogens with two attached hydrogens (primary N) is 1. The molecule has 1 saturated heterocycles. The van der Waals surface area contributed by atoms with Crippen molar-refractivity contribution >= 4 is 40.6 Å². The molecule has 3 heterocycles. The summed E-state index contributed by atoms with van der Waals surface area (Å²) < 4.78 is 58.3. The molecule has 2 unspecified atom stereocenters. The second-order valence-corrected chi connectivity index (χ2v) is 11.8. The first kappa shape index (κ1) is 28.5. The van der Waals surface area contributed by atoms with Crippen LogP contribution in [-0.2, 0) is 31.6 Å². The van der Waals surface area contributed by atoms with Gasteiger partial charge in [-0.05, 0) is 13.8 Å². The molecule has 0 aliphatic carbocycles. The van der Waals surface area contributed by atoms with Crippen LogP contribution in [0.1, 0.15) is 20.1 Å². The number of aromatic nitrogens is 4. The normalized spacial score (nSPS) is 27.9. The first-order valence-corrected chi connectivity index (χ1v) is 14.2. The predicted molar refractivity (Wildman–Crippen MR) is 114 cm³/mol. The third-order valence-electron chi connectivity index (χ3n) is 4.78. The number of phosphoric acid groups is 3. The highest BCUT2D eigenvalue weighted by molar-refractivity contribution is 7.66. The lowest BCUT2D eigenvalue weighted by Crippen LogP contribution is -2.37. The van der Waals surface area contributed by atoms with Crippen molar-refractivity contribution in [3.8, 4) is 11.9 Å². The lowest BCUT2D eigenvalue weighted by molar-refractivity contribution is -0.0461. The molecular formula is C14H21N6O13P3. The summed E-state index contributed by atoms with van der Waals surface area (Å²) in [6, 6.07) is 1.90. The topological polar surface area (TPSA) is 292 Å². The van der Waals surface area contributed by atoms with E-state index in [-0.39, 0.29) is 29.6 Å². The molecule has 2 aromatic rings. The van der Waals surface area contributed by atoms with E-state index >= 15 is 0 Å². The van der Waals surface area contributed by atoms with E-state index in [0.717, 1.165) is 0 Å². The Kier molecular flexibility index (Phi) is 7.95. The van der Waals surface area contributed by atoms with Gasteiger partial charge in [0.1, 0.15) is 17.6 Å². The average Bonchev–Trinajstić information content (AvgIpc) is 3.23. The van der Waals surface area contributed by atoms with Gasteiger partial charge in [0.15, 0.2) is 17.4 Å². The number of hydrogen-bond acceptors (Lipinski definition) is 14. The maximum atomic E-state index is 12.0. The van der Waals surface area contributed by atoms with E-state index in [4.69, 9.17) is 25.0 Å². The number of aliphatic hydroxyl groups excluding tert-OH is 1. The number of nitriles is 1. The Balaban J connectivity index is 1.85. The molecule has 0 saturated carbocycles. The highest BCUT2D eigenvalue weighted by atomic mass is 31.3. The van der Waals surface area contributed by atoms with Crippen LogP contribution in [0.5, 0.6) is 5.88 Å². The zero-order valence-corrected chi connectivity index (χ0v) is 21.1. The van der Waals surface area contributed by atoms with Crippen LogP contribution >= 0.6 is 23.5 Å². The van der Waals surface area contributed by atoms with Crippen LogP contribution in [0.4, 0.5) is 5.95 Å². The number of rotatable bonds is 10. The number of anilines is 1. The van der Waals surface area contributed by atoms with Crippen LogP contribution in [0, 0.1) is 16.7 Å². The van der Waals surface area contributed by atoms with Gasteiger partial charge in [-0.2, -0.15) is 23.9 Å². The van der Waals surface area contributed by atoms with Gasteiger partial charge in [-0.25, -0.2) is 18.7 Å².